The van der Waals surface area contributed by atoms with E-state index in [4.69, 9.17) is 14.2 Å². The van der Waals surface area contributed by atoms with Crippen LogP contribution in [-0.2, 0) is 9.53 Å². The maximum absolute atomic E-state index is 12.8. The van der Waals surface area contributed by atoms with Crippen LogP contribution < -0.4 is 14.4 Å². The summed E-state index contributed by atoms with van der Waals surface area (Å²) < 4.78 is 16.6. The maximum Gasteiger partial charge on any atom is 0.229 e. The van der Waals surface area contributed by atoms with Crippen LogP contribution in [-0.4, -0.2) is 38.9 Å². The van der Waals surface area contributed by atoms with Crippen LogP contribution in [0.1, 0.15) is 18.9 Å². The van der Waals surface area contributed by atoms with Crippen molar-refractivity contribution >= 4 is 17.7 Å². The van der Waals surface area contributed by atoms with Gasteiger partial charge in [-0.25, -0.2) is 0 Å². The Kier molecular flexibility index (Phi) is 6.88. The van der Waals surface area contributed by atoms with E-state index >= 15 is 0 Å². The highest BCUT2D eigenvalue weighted by molar-refractivity contribution is 5.94. The molecule has 0 aromatic heterocycles. The number of hydrogen-bond acceptors (Lipinski definition) is 4. The smallest absolute Gasteiger partial charge is 0.229 e. The number of rotatable bonds is 8. The molecule has 0 unspecified atom stereocenters. The van der Waals surface area contributed by atoms with Crippen LogP contribution in [0.4, 0.5) is 5.69 Å². The van der Waals surface area contributed by atoms with Gasteiger partial charge in [0, 0.05) is 24.9 Å². The van der Waals surface area contributed by atoms with E-state index in [0.29, 0.717) is 50.9 Å². The molecule has 0 bridgehead atoms. The Bertz CT molecular complexity index is 773. The molecule has 2 aromatic carbocycles. The second kappa shape index (κ2) is 9.78. The van der Waals surface area contributed by atoms with Gasteiger partial charge in [-0.3, -0.25) is 4.79 Å². The van der Waals surface area contributed by atoms with Crippen LogP contribution in [0.15, 0.2) is 54.6 Å². The fourth-order valence-corrected chi connectivity index (χ4v) is 2.85. The van der Waals surface area contributed by atoms with Gasteiger partial charge in [-0.15, -0.1) is 0 Å². The minimum atomic E-state index is 0.0119. The Morgan fingerprint density at radius 3 is 2.67 bits per heavy atom. The van der Waals surface area contributed by atoms with Gasteiger partial charge in [0.25, 0.3) is 0 Å². The molecule has 5 nitrogen and oxygen atoms in total. The summed E-state index contributed by atoms with van der Waals surface area (Å²) in [5.74, 6) is 1.40. The average molecular weight is 367 g/mol. The fraction of sp³-hybridized carbons (Fsp3) is 0.318. The van der Waals surface area contributed by atoms with E-state index in [2.05, 4.69) is 0 Å². The molecule has 1 amide bonds. The zero-order valence-electron chi connectivity index (χ0n) is 15.6. The standard InChI is InChI=1S/C22H25NO4/c1-2-25-14-12-22(24)23(13-6-9-18-7-4-3-5-8-18)19-10-11-20-21(17-19)27-16-15-26-20/h3-11,17H,2,12-16H2,1H3/b9-6+. The highest BCUT2D eigenvalue weighted by atomic mass is 16.6. The first-order valence-corrected chi connectivity index (χ1v) is 9.27. The van der Waals surface area contributed by atoms with Gasteiger partial charge in [-0.1, -0.05) is 42.5 Å². The monoisotopic (exact) mass is 367 g/mol. The summed E-state index contributed by atoms with van der Waals surface area (Å²) in [4.78, 5) is 14.5. The summed E-state index contributed by atoms with van der Waals surface area (Å²) in [6, 6.07) is 15.6. The molecule has 5 heteroatoms. The van der Waals surface area contributed by atoms with Crippen molar-refractivity contribution in [3.63, 3.8) is 0 Å². The molecule has 0 saturated carbocycles. The summed E-state index contributed by atoms with van der Waals surface area (Å²) in [6.45, 7) is 4.47. The predicted molar refractivity (Wildman–Crippen MR) is 106 cm³/mol. The number of amides is 1. The second-order valence-corrected chi connectivity index (χ2v) is 6.09. The quantitative estimate of drug-likeness (QED) is 0.663. The molecular formula is C22H25NO4. The van der Waals surface area contributed by atoms with Gasteiger partial charge in [0.15, 0.2) is 11.5 Å². The molecule has 0 spiro atoms. The summed E-state index contributed by atoms with van der Waals surface area (Å²) in [6.07, 6.45) is 4.34. The normalized spacial score (nSPS) is 12.9. The number of fused-ring (bicyclic) bond motifs is 1. The van der Waals surface area contributed by atoms with Crippen LogP contribution in [0.25, 0.3) is 6.08 Å². The third kappa shape index (κ3) is 5.34. The summed E-state index contributed by atoms with van der Waals surface area (Å²) >= 11 is 0. The molecule has 0 radical (unpaired) electrons. The van der Waals surface area contributed by atoms with Crippen LogP contribution in [0.2, 0.25) is 0 Å². The Hall–Kier alpha value is -2.79. The van der Waals surface area contributed by atoms with Gasteiger partial charge in [0.2, 0.25) is 5.91 Å². The van der Waals surface area contributed by atoms with Crippen LogP contribution in [0, 0.1) is 0 Å². The molecule has 2 aromatic rings. The Morgan fingerprint density at radius 2 is 1.89 bits per heavy atom. The van der Waals surface area contributed by atoms with E-state index in [1.807, 2.05) is 67.6 Å². The van der Waals surface area contributed by atoms with E-state index in [9.17, 15) is 4.79 Å². The maximum atomic E-state index is 12.8. The van der Waals surface area contributed by atoms with Crippen molar-refractivity contribution in [2.75, 3.05) is 37.9 Å². The molecule has 1 aliphatic heterocycles. The molecule has 3 rings (SSSR count). The minimum Gasteiger partial charge on any atom is -0.486 e. The number of nitrogens with zero attached hydrogens (tertiary/aromatic N) is 1. The SMILES string of the molecule is CCOCCC(=O)N(C/C=C/c1ccccc1)c1ccc2c(c1)OCCO2. The first-order chi connectivity index (χ1) is 13.3. The van der Waals surface area contributed by atoms with Crippen molar-refractivity contribution < 1.29 is 19.0 Å². The van der Waals surface area contributed by atoms with Gasteiger partial charge in [0.1, 0.15) is 13.2 Å². The van der Waals surface area contributed by atoms with Crippen molar-refractivity contribution in [1.29, 1.82) is 0 Å². The lowest BCUT2D eigenvalue weighted by Gasteiger charge is -2.24. The fourth-order valence-electron chi connectivity index (χ4n) is 2.85. The predicted octanol–water partition coefficient (Wildman–Crippen LogP) is 3.93. The van der Waals surface area contributed by atoms with E-state index in [0.717, 1.165) is 11.3 Å². The lowest BCUT2D eigenvalue weighted by atomic mass is 10.2. The number of carbonyl (C=O) groups excluding carboxylic acids is 1. The Labute approximate surface area is 160 Å². The molecule has 27 heavy (non-hydrogen) atoms. The number of benzene rings is 2. The molecular weight excluding hydrogens is 342 g/mol. The molecule has 0 aliphatic carbocycles. The topological polar surface area (TPSA) is 48.0 Å². The average Bonchev–Trinajstić information content (AvgIpc) is 2.72. The van der Waals surface area contributed by atoms with Gasteiger partial charge in [-0.2, -0.15) is 0 Å². The molecule has 0 atom stereocenters. The largest absolute Gasteiger partial charge is 0.486 e. The first-order valence-electron chi connectivity index (χ1n) is 9.27. The lowest BCUT2D eigenvalue weighted by molar-refractivity contribution is -0.119. The minimum absolute atomic E-state index is 0.0119. The van der Waals surface area contributed by atoms with E-state index in [1.54, 1.807) is 4.90 Å². The lowest BCUT2D eigenvalue weighted by Crippen LogP contribution is -2.32. The summed E-state index contributed by atoms with van der Waals surface area (Å²) in [7, 11) is 0. The summed E-state index contributed by atoms with van der Waals surface area (Å²) in [5, 5.41) is 0. The van der Waals surface area contributed by atoms with Crippen LogP contribution in [0.3, 0.4) is 0 Å². The molecule has 142 valence electrons. The Balaban J connectivity index is 1.76. The van der Waals surface area contributed by atoms with E-state index in [1.165, 1.54) is 0 Å². The molecule has 0 N–H and O–H groups in total. The third-order valence-corrected chi connectivity index (χ3v) is 4.20. The van der Waals surface area contributed by atoms with Gasteiger partial charge in [0.05, 0.1) is 13.0 Å². The van der Waals surface area contributed by atoms with Gasteiger partial charge < -0.3 is 19.1 Å². The zero-order chi connectivity index (χ0) is 18.9. The number of anilines is 1. The van der Waals surface area contributed by atoms with Crippen molar-refractivity contribution in [2.24, 2.45) is 0 Å². The number of carbonyl (C=O) groups is 1. The zero-order valence-corrected chi connectivity index (χ0v) is 15.6. The van der Waals surface area contributed by atoms with Crippen molar-refractivity contribution in [3.05, 3.63) is 60.2 Å². The highest BCUT2D eigenvalue weighted by Crippen LogP contribution is 2.34. The van der Waals surface area contributed by atoms with Crippen molar-refractivity contribution in [2.45, 2.75) is 13.3 Å². The number of hydrogen-bond donors (Lipinski definition) is 0. The van der Waals surface area contributed by atoms with E-state index in [-0.39, 0.29) is 5.91 Å². The number of ether oxygens (including phenoxy) is 3. The van der Waals surface area contributed by atoms with Crippen molar-refractivity contribution in [1.82, 2.24) is 0 Å². The van der Waals surface area contributed by atoms with Gasteiger partial charge >= 0.3 is 0 Å². The van der Waals surface area contributed by atoms with Crippen LogP contribution >= 0.6 is 0 Å². The molecule has 0 fully saturated rings. The third-order valence-electron chi connectivity index (χ3n) is 4.20. The first kappa shape index (κ1) is 19.0. The molecule has 0 saturated heterocycles. The van der Waals surface area contributed by atoms with Crippen molar-refractivity contribution in [3.8, 4) is 11.5 Å². The molecule has 1 aliphatic rings. The highest BCUT2D eigenvalue weighted by Gasteiger charge is 2.18. The molecule has 1 heterocycles. The van der Waals surface area contributed by atoms with Gasteiger partial charge in [-0.05, 0) is 24.6 Å². The van der Waals surface area contributed by atoms with Crippen LogP contribution in [0.5, 0.6) is 11.5 Å². The summed E-state index contributed by atoms with van der Waals surface area (Å²) in [5.41, 5.74) is 1.89. The second-order valence-electron chi connectivity index (χ2n) is 6.09. The Morgan fingerprint density at radius 1 is 1.11 bits per heavy atom. The van der Waals surface area contributed by atoms with E-state index < -0.39 is 0 Å².